The Kier molecular flexibility index (Phi) is 6.28. The van der Waals surface area contributed by atoms with Gasteiger partial charge in [0, 0.05) is 27.6 Å². The molecule has 0 fully saturated rings. The quantitative estimate of drug-likeness (QED) is 0.302. The van der Waals surface area contributed by atoms with E-state index in [-0.39, 0.29) is 17.5 Å². The number of carbonyl (C=O) groups excluding carboxylic acids is 2. The summed E-state index contributed by atoms with van der Waals surface area (Å²) in [6, 6.07) is 20.6. The van der Waals surface area contributed by atoms with Crippen LogP contribution in [0.1, 0.15) is 24.2 Å². The number of anilines is 1. The Morgan fingerprint density at radius 2 is 1.56 bits per heavy atom. The minimum atomic E-state index is -0.433. The van der Waals surface area contributed by atoms with Gasteiger partial charge in [0.15, 0.2) is 5.78 Å². The van der Waals surface area contributed by atoms with Gasteiger partial charge in [-0.05, 0) is 62.4 Å². The fraction of sp³-hybridized carbons (Fsp3) is 0.120. The first-order chi connectivity index (χ1) is 15.4. The number of carbonyl (C=O) groups is 2. The van der Waals surface area contributed by atoms with E-state index in [0.717, 1.165) is 16.3 Å². The molecule has 1 heterocycles. The maximum absolute atomic E-state index is 13.3. The van der Waals surface area contributed by atoms with Crippen LogP contribution in [-0.2, 0) is 4.79 Å². The molecule has 1 amide bonds. The molecule has 5 nitrogen and oxygen atoms in total. The molecule has 32 heavy (non-hydrogen) atoms. The lowest BCUT2D eigenvalue weighted by Crippen LogP contribution is -2.22. The van der Waals surface area contributed by atoms with Crippen LogP contribution in [0.5, 0.6) is 0 Å². The molecule has 0 unspecified atom stereocenters. The van der Waals surface area contributed by atoms with E-state index < -0.39 is 5.25 Å². The Balaban J connectivity index is 1.56. The van der Waals surface area contributed by atoms with E-state index in [4.69, 9.17) is 0 Å². The number of Topliss-reactive ketones (excluding diaryl/α,β-unsaturated/α-hetero) is 1. The Morgan fingerprint density at radius 3 is 2.22 bits per heavy atom. The van der Waals surface area contributed by atoms with Gasteiger partial charge in [-0.25, -0.2) is 4.39 Å². The van der Waals surface area contributed by atoms with Crippen molar-refractivity contribution in [3.05, 3.63) is 84.2 Å². The number of fused-ring (bicyclic) bond motifs is 1. The van der Waals surface area contributed by atoms with Gasteiger partial charge in [-0.3, -0.25) is 9.59 Å². The van der Waals surface area contributed by atoms with Crippen LogP contribution >= 0.6 is 11.8 Å². The fourth-order valence-corrected chi connectivity index (χ4v) is 4.13. The first-order valence-electron chi connectivity index (χ1n) is 10.0. The minimum Gasteiger partial charge on any atom is -0.325 e. The van der Waals surface area contributed by atoms with Gasteiger partial charge in [0.25, 0.3) is 0 Å². The standard InChI is InChI=1S/C25H20FN3O2S/c1-15(30)17-9-13-20(14-10-17)27-24(31)16(2)32-25-22-6-4-3-5-21(22)23(28-29-25)18-7-11-19(26)12-8-18/h3-14,16H,1-2H3,(H,27,31)/t16-/m0/s1. The second-order valence-electron chi connectivity index (χ2n) is 7.29. The molecule has 0 spiro atoms. The lowest BCUT2D eigenvalue weighted by atomic mass is 10.1. The van der Waals surface area contributed by atoms with E-state index >= 15 is 0 Å². The van der Waals surface area contributed by atoms with Gasteiger partial charge in [0.05, 0.1) is 5.25 Å². The average molecular weight is 446 g/mol. The zero-order valence-electron chi connectivity index (χ0n) is 17.5. The largest absolute Gasteiger partial charge is 0.325 e. The number of halogens is 1. The summed E-state index contributed by atoms with van der Waals surface area (Å²) in [4.78, 5) is 24.1. The van der Waals surface area contributed by atoms with Crippen LogP contribution in [0.25, 0.3) is 22.0 Å². The lowest BCUT2D eigenvalue weighted by molar-refractivity contribution is -0.115. The molecule has 0 bridgehead atoms. The predicted molar refractivity (Wildman–Crippen MR) is 125 cm³/mol. The van der Waals surface area contributed by atoms with Crippen molar-refractivity contribution in [2.45, 2.75) is 24.1 Å². The fourth-order valence-electron chi connectivity index (χ4n) is 3.24. The zero-order chi connectivity index (χ0) is 22.7. The number of nitrogens with one attached hydrogen (secondary N) is 1. The van der Waals surface area contributed by atoms with Crippen LogP contribution in [0.2, 0.25) is 0 Å². The summed E-state index contributed by atoms with van der Waals surface area (Å²) in [5.74, 6) is -0.519. The number of aromatic nitrogens is 2. The molecule has 0 radical (unpaired) electrons. The van der Waals surface area contributed by atoms with Crippen molar-refractivity contribution < 1.29 is 14.0 Å². The Bertz CT molecular complexity index is 1290. The third-order valence-corrected chi connectivity index (χ3v) is 6.08. The van der Waals surface area contributed by atoms with Gasteiger partial charge in [0.1, 0.15) is 16.5 Å². The van der Waals surface area contributed by atoms with Gasteiger partial charge in [-0.2, -0.15) is 0 Å². The molecule has 0 saturated heterocycles. The SMILES string of the molecule is CC(=O)c1ccc(NC(=O)[C@H](C)Sc2nnc(-c3ccc(F)cc3)c3ccccc23)cc1. The summed E-state index contributed by atoms with van der Waals surface area (Å²) in [6.07, 6.45) is 0. The molecule has 0 saturated carbocycles. The molecular formula is C25H20FN3O2S. The molecule has 1 aromatic heterocycles. The van der Waals surface area contributed by atoms with E-state index in [2.05, 4.69) is 15.5 Å². The zero-order valence-corrected chi connectivity index (χ0v) is 18.3. The predicted octanol–water partition coefficient (Wildman–Crippen LogP) is 5.76. The van der Waals surface area contributed by atoms with Crippen molar-refractivity contribution in [3.8, 4) is 11.3 Å². The molecule has 0 aliphatic heterocycles. The lowest BCUT2D eigenvalue weighted by Gasteiger charge is -2.14. The van der Waals surface area contributed by atoms with Crippen LogP contribution in [0, 0.1) is 5.82 Å². The average Bonchev–Trinajstić information content (AvgIpc) is 2.80. The molecule has 0 aliphatic rings. The number of nitrogens with zero attached hydrogens (tertiary/aromatic N) is 2. The molecule has 4 aromatic rings. The second-order valence-corrected chi connectivity index (χ2v) is 8.62. The van der Waals surface area contributed by atoms with E-state index in [1.54, 1.807) is 43.3 Å². The third kappa shape index (κ3) is 4.68. The van der Waals surface area contributed by atoms with E-state index in [1.807, 2.05) is 24.3 Å². The monoisotopic (exact) mass is 445 g/mol. The minimum absolute atomic E-state index is 0.0265. The van der Waals surface area contributed by atoms with Crippen LogP contribution in [0.3, 0.4) is 0 Å². The smallest absolute Gasteiger partial charge is 0.237 e. The van der Waals surface area contributed by atoms with Crippen molar-refractivity contribution in [1.82, 2.24) is 10.2 Å². The number of hydrogen-bond donors (Lipinski definition) is 1. The van der Waals surface area contributed by atoms with Gasteiger partial charge in [-0.1, -0.05) is 36.0 Å². The highest BCUT2D eigenvalue weighted by atomic mass is 32.2. The highest BCUT2D eigenvalue weighted by molar-refractivity contribution is 8.00. The van der Waals surface area contributed by atoms with Crippen molar-refractivity contribution in [3.63, 3.8) is 0 Å². The summed E-state index contributed by atoms with van der Waals surface area (Å²) < 4.78 is 13.3. The molecular weight excluding hydrogens is 425 g/mol. The van der Waals surface area contributed by atoms with Gasteiger partial charge in [0.2, 0.25) is 5.91 Å². The van der Waals surface area contributed by atoms with Crippen LogP contribution in [0.4, 0.5) is 10.1 Å². The van der Waals surface area contributed by atoms with Crippen LogP contribution < -0.4 is 5.32 Å². The van der Waals surface area contributed by atoms with Crippen LogP contribution in [0.15, 0.2) is 77.8 Å². The number of hydrogen-bond acceptors (Lipinski definition) is 5. The number of thioether (sulfide) groups is 1. The summed E-state index contributed by atoms with van der Waals surface area (Å²) >= 11 is 1.32. The summed E-state index contributed by atoms with van der Waals surface area (Å²) in [5.41, 5.74) is 2.64. The van der Waals surface area contributed by atoms with Crippen molar-refractivity contribution in [2.24, 2.45) is 0 Å². The molecule has 1 N–H and O–H groups in total. The topological polar surface area (TPSA) is 72.0 Å². The molecule has 7 heteroatoms. The Labute approximate surface area is 189 Å². The normalized spacial score (nSPS) is 11.8. The van der Waals surface area contributed by atoms with E-state index in [1.165, 1.54) is 30.8 Å². The van der Waals surface area contributed by atoms with Crippen molar-refractivity contribution in [2.75, 3.05) is 5.32 Å². The van der Waals surface area contributed by atoms with E-state index in [9.17, 15) is 14.0 Å². The second kappa shape index (κ2) is 9.28. The first-order valence-corrected chi connectivity index (χ1v) is 10.9. The molecule has 160 valence electrons. The van der Waals surface area contributed by atoms with Gasteiger partial charge >= 0.3 is 0 Å². The van der Waals surface area contributed by atoms with Crippen LogP contribution in [-0.4, -0.2) is 27.1 Å². The molecule has 3 aromatic carbocycles. The molecule has 0 aliphatic carbocycles. The summed E-state index contributed by atoms with van der Waals surface area (Å²) in [6.45, 7) is 3.30. The maximum Gasteiger partial charge on any atom is 0.237 e. The van der Waals surface area contributed by atoms with Crippen molar-refractivity contribution >= 4 is 39.9 Å². The summed E-state index contributed by atoms with van der Waals surface area (Å²) in [5, 5.41) is 13.6. The Morgan fingerprint density at radius 1 is 0.906 bits per heavy atom. The third-order valence-electron chi connectivity index (χ3n) is 4.99. The maximum atomic E-state index is 13.3. The Hall–Kier alpha value is -3.58. The number of amides is 1. The van der Waals surface area contributed by atoms with Gasteiger partial charge < -0.3 is 5.32 Å². The first kappa shape index (κ1) is 21.6. The number of ketones is 1. The molecule has 1 atom stereocenters. The van der Waals surface area contributed by atoms with Gasteiger partial charge in [-0.15, -0.1) is 10.2 Å². The van der Waals surface area contributed by atoms with E-state index in [0.29, 0.717) is 22.0 Å². The summed E-state index contributed by atoms with van der Waals surface area (Å²) in [7, 11) is 0. The van der Waals surface area contributed by atoms with Crippen molar-refractivity contribution in [1.29, 1.82) is 0 Å². The number of rotatable bonds is 6. The molecule has 4 rings (SSSR count). The number of benzene rings is 3. The highest BCUT2D eigenvalue weighted by Gasteiger charge is 2.19. The highest BCUT2D eigenvalue weighted by Crippen LogP contribution is 2.33.